The molecule has 0 radical (unpaired) electrons. The van der Waals surface area contributed by atoms with Gasteiger partial charge in [0.1, 0.15) is 10.0 Å². The fraction of sp³-hybridized carbons (Fsp3) is 0.281. The fourth-order valence-corrected chi connectivity index (χ4v) is 14.3. The van der Waals surface area contributed by atoms with Crippen molar-refractivity contribution >= 4 is 106 Å². The number of thiazole rings is 2. The first-order valence-electron chi connectivity index (χ1n) is 27.3. The first-order valence-corrected chi connectivity index (χ1v) is 34.4. The number of rotatable bonds is 17. The van der Waals surface area contributed by atoms with Crippen molar-refractivity contribution in [2.75, 3.05) is 13.1 Å². The monoisotopic (exact) mass is 1310 g/mol. The lowest BCUT2D eigenvalue weighted by Crippen LogP contribution is -2.30. The summed E-state index contributed by atoms with van der Waals surface area (Å²) in [5, 5.41) is 17.0. The lowest BCUT2D eigenvalue weighted by molar-refractivity contribution is -0.118. The summed E-state index contributed by atoms with van der Waals surface area (Å²) in [6.45, 7) is 4.15. The number of aromatic carboxylic acids is 1. The van der Waals surface area contributed by atoms with E-state index < -0.39 is 31.6 Å². The molecule has 0 saturated heterocycles. The molecule has 8 aromatic rings. The normalized spacial score (nSPS) is 14.1. The number of carbonyl (C=O) groups is 4. The van der Waals surface area contributed by atoms with Crippen LogP contribution < -0.4 is 11.1 Å². The molecule has 0 aliphatic heterocycles. The predicted molar refractivity (Wildman–Crippen MR) is 345 cm³/mol. The van der Waals surface area contributed by atoms with Crippen LogP contribution in [-0.4, -0.2) is 89.0 Å². The molecule has 0 atom stereocenters. The molecule has 6 aromatic carbocycles. The molecule has 4 aliphatic rings. The van der Waals surface area contributed by atoms with Crippen molar-refractivity contribution in [2.24, 2.45) is 5.73 Å². The molecule has 440 valence electrons. The average molecular weight is 1310 g/mol. The molecule has 4 fully saturated rings. The van der Waals surface area contributed by atoms with Crippen molar-refractivity contribution in [3.05, 3.63) is 201 Å². The molecule has 4 N–H and O–H groups in total. The molecule has 0 spiro atoms. The van der Waals surface area contributed by atoms with Crippen LogP contribution in [0.1, 0.15) is 93.2 Å². The smallest absolute Gasteiger partial charge is 0.335 e. The fourth-order valence-electron chi connectivity index (χ4n) is 7.54. The number of sulfone groups is 2. The molecule has 84 heavy (non-hydrogen) atoms. The number of aromatic nitrogens is 2. The van der Waals surface area contributed by atoms with E-state index in [0.29, 0.717) is 37.1 Å². The van der Waals surface area contributed by atoms with E-state index in [4.69, 9.17) is 10.8 Å². The highest BCUT2D eigenvalue weighted by molar-refractivity contribution is 9.09. The van der Waals surface area contributed by atoms with Crippen LogP contribution >= 0.6 is 63.0 Å². The Morgan fingerprint density at radius 1 is 0.607 bits per heavy atom. The number of halogens is 1. The van der Waals surface area contributed by atoms with Crippen LogP contribution in [0.25, 0.3) is 22.5 Å². The lowest BCUT2D eigenvalue weighted by atomic mass is 10.2. The van der Waals surface area contributed by atoms with Gasteiger partial charge in [-0.05, 0) is 126 Å². The first kappa shape index (κ1) is 65.4. The Morgan fingerprint density at radius 3 is 1.50 bits per heavy atom. The van der Waals surface area contributed by atoms with E-state index >= 15 is 0 Å². The summed E-state index contributed by atoms with van der Waals surface area (Å²) in [6.07, 6.45) is 8.80. The Balaban J connectivity index is 0.000000159. The molecule has 4 aliphatic carbocycles. The highest BCUT2D eigenvalue weighted by Gasteiger charge is 2.38. The summed E-state index contributed by atoms with van der Waals surface area (Å²) in [5.41, 5.74) is 11.9. The third-order valence-electron chi connectivity index (χ3n) is 12.7. The molecule has 0 bridgehead atoms. The maximum Gasteiger partial charge on any atom is 0.335 e. The van der Waals surface area contributed by atoms with Gasteiger partial charge in [0, 0.05) is 47.3 Å². The largest absolute Gasteiger partial charge is 0.478 e. The Kier molecular flexibility index (Phi) is 24.8. The zero-order chi connectivity index (χ0) is 60.2. The Hall–Kier alpha value is -6.10. The van der Waals surface area contributed by atoms with Gasteiger partial charge in [0.05, 0.1) is 63.2 Å². The first-order chi connectivity index (χ1) is 40.3. The van der Waals surface area contributed by atoms with E-state index in [1.807, 2.05) is 101 Å². The molecule has 12 rings (SSSR count). The van der Waals surface area contributed by atoms with Crippen molar-refractivity contribution in [3.63, 3.8) is 0 Å². The van der Waals surface area contributed by atoms with Crippen LogP contribution in [0.15, 0.2) is 188 Å². The number of hydrogen-bond acceptors (Lipinski definition) is 15. The number of carboxylic acid groups (broad SMARTS) is 1. The Morgan fingerprint density at radius 2 is 1.07 bits per heavy atom. The number of carboxylic acids is 1. The highest BCUT2D eigenvalue weighted by atomic mass is 79.9. The lowest BCUT2D eigenvalue weighted by Gasteiger charge is -2.07. The van der Waals surface area contributed by atoms with Crippen LogP contribution in [0.4, 0.5) is 0 Å². The van der Waals surface area contributed by atoms with E-state index in [-0.39, 0.29) is 62.5 Å². The number of alkyl halides is 1. The second-order valence-electron chi connectivity index (χ2n) is 20.3. The van der Waals surface area contributed by atoms with Crippen molar-refractivity contribution < 1.29 is 41.1 Å². The van der Waals surface area contributed by atoms with Crippen LogP contribution in [-0.2, 0) is 42.1 Å². The number of thioether (sulfide) groups is 1. The van der Waals surface area contributed by atoms with Crippen LogP contribution in [0.5, 0.6) is 0 Å². The number of amides is 1. The number of aryl methyl sites for hydroxylation is 2. The van der Waals surface area contributed by atoms with Crippen LogP contribution in [0.2, 0.25) is 0 Å². The topological polar surface area (TPSA) is 221 Å². The summed E-state index contributed by atoms with van der Waals surface area (Å²) in [7, 11) is -6.65. The second-order valence-corrected chi connectivity index (χ2v) is 29.8. The van der Waals surface area contributed by atoms with Gasteiger partial charge in [-0.15, -0.1) is 47.1 Å². The molecule has 2 heterocycles. The molecule has 0 unspecified atom stereocenters. The maximum absolute atomic E-state index is 12.4. The molecule has 4 saturated carbocycles. The van der Waals surface area contributed by atoms with Gasteiger partial charge in [0.15, 0.2) is 31.2 Å². The second kappa shape index (κ2) is 31.9. The minimum atomic E-state index is -3.37. The number of carbonyl (C=O) groups excluding carboxylic acids is 3. The Bertz CT molecular complexity index is 3700. The average Bonchev–Trinajstić information content (AvgIpc) is 4.16. The van der Waals surface area contributed by atoms with E-state index in [1.165, 1.54) is 101 Å². The van der Waals surface area contributed by atoms with Crippen molar-refractivity contribution in [3.8, 4) is 22.5 Å². The van der Waals surface area contributed by atoms with Crippen molar-refractivity contribution in [1.82, 2.24) is 15.3 Å². The molecule has 13 nitrogen and oxygen atoms in total. The molecular weight excluding hydrogens is 1240 g/mol. The predicted octanol–water partition coefficient (Wildman–Crippen LogP) is 13.6. The number of Topliss-reactive ketones (excluding diaryl/α,β-unsaturated/α-hetero) is 2. The minimum absolute atomic E-state index is 0.0109. The third kappa shape index (κ3) is 22.1. The van der Waals surface area contributed by atoms with E-state index in [9.17, 15) is 36.0 Å². The SMILES string of the molecule is BrC1CC1.Cc1cccc(S)c1.Cc1cccc(SC2CC2)c1.NCC(=O)Cc1nc(-c2ccccc2)cs1.O=C(CNC(=O)c1cccc(S(=O)(=O)C2CC2)c1)Cc1nc(-c2ccccc2)cs1.O=C(O)c1cccc(S(=O)(=O)C2CC2)c1. The quantitative estimate of drug-likeness (QED) is 0.0493. The van der Waals surface area contributed by atoms with Gasteiger partial charge in [-0.1, -0.05) is 124 Å². The number of nitrogens with zero attached hydrogens (tertiary/aromatic N) is 2. The number of thiol groups is 1. The third-order valence-corrected chi connectivity index (χ3v) is 21.4. The minimum Gasteiger partial charge on any atom is -0.478 e. The van der Waals surface area contributed by atoms with Crippen LogP contribution in [0.3, 0.4) is 0 Å². The van der Waals surface area contributed by atoms with Crippen molar-refractivity contribution in [1.29, 1.82) is 0 Å². The number of nitrogens with one attached hydrogen (secondary N) is 1. The number of nitrogens with two attached hydrogens (primary N) is 1. The van der Waals surface area contributed by atoms with Gasteiger partial charge in [-0.3, -0.25) is 14.4 Å². The number of ketones is 2. The summed E-state index contributed by atoms with van der Waals surface area (Å²) in [6, 6.07) is 47.9. The van der Waals surface area contributed by atoms with Gasteiger partial charge in [-0.25, -0.2) is 31.6 Å². The number of hydrogen-bond donors (Lipinski definition) is 4. The van der Waals surface area contributed by atoms with E-state index in [0.717, 1.165) is 42.5 Å². The van der Waals surface area contributed by atoms with E-state index in [2.05, 4.69) is 88.0 Å². The van der Waals surface area contributed by atoms with Gasteiger partial charge < -0.3 is 16.2 Å². The molecule has 2 aromatic heterocycles. The molecule has 20 heteroatoms. The summed E-state index contributed by atoms with van der Waals surface area (Å²) >= 11 is 12.5. The van der Waals surface area contributed by atoms with Gasteiger partial charge >= 0.3 is 5.97 Å². The zero-order valence-electron chi connectivity index (χ0n) is 46.5. The zero-order valence-corrected chi connectivity index (χ0v) is 53.1. The maximum atomic E-state index is 12.4. The molecular formula is C64H67BrN4O9S6. The summed E-state index contributed by atoms with van der Waals surface area (Å²) in [4.78, 5) is 59.0. The van der Waals surface area contributed by atoms with E-state index in [1.54, 1.807) is 12.1 Å². The highest BCUT2D eigenvalue weighted by Crippen LogP contribution is 2.39. The van der Waals surface area contributed by atoms with Gasteiger partial charge in [-0.2, -0.15) is 0 Å². The standard InChI is InChI=1S/C22H20N2O4S2.C12H12N2OS.C10H10O4S.C10H12S.C7H8S.C3H5Br/c25-17(12-21-24-20(14-29-21)15-5-2-1-3-6-15)13-23-22(26)16-7-4-8-19(11-16)30(27,28)18-9-10-18;13-7-10(15)6-12-14-11(8-16-12)9-4-2-1-3-5-9;11-10(12)7-2-1-3-9(6-7)15(13,14)8-4-5-8;1-8-3-2-4-10(7-8)11-9-5-6-9;1-6-3-2-4-7(8)5-6;4-3-1-2-3/h1-8,11,14,18H,9-10,12-13H2,(H,23,26);1-5,8H,6-7,13H2;1-3,6,8H,4-5H2,(H,11,12);2-4,7,9H,5-6H2,1H3;2-5,8H,1H3;3H,1-2H2. The number of benzene rings is 6. The van der Waals surface area contributed by atoms with Gasteiger partial charge in [0.25, 0.3) is 5.91 Å². The summed E-state index contributed by atoms with van der Waals surface area (Å²) in [5.74, 6) is -1.73. The molecule has 1 amide bonds. The van der Waals surface area contributed by atoms with Crippen LogP contribution in [0, 0.1) is 13.8 Å². The van der Waals surface area contributed by atoms with Gasteiger partial charge in [0.2, 0.25) is 0 Å². The summed E-state index contributed by atoms with van der Waals surface area (Å²) < 4.78 is 48.3. The Labute approximate surface area is 518 Å². The van der Waals surface area contributed by atoms with Crippen molar-refractivity contribution in [2.45, 2.75) is 118 Å².